The summed E-state index contributed by atoms with van der Waals surface area (Å²) in [7, 11) is 0. The van der Waals surface area contributed by atoms with E-state index in [-0.39, 0.29) is 18.9 Å². The Morgan fingerprint density at radius 1 is 1.30 bits per heavy atom. The predicted octanol–water partition coefficient (Wildman–Crippen LogP) is 3.45. The fourth-order valence-corrected chi connectivity index (χ4v) is 3.08. The van der Waals surface area contributed by atoms with E-state index in [0.717, 1.165) is 37.0 Å². The standard InChI is InChI=1S/C17H18F3NO2/c18-17(19,20)13-6-2-5-12(8-13)15-9-14(22)10-21(15)16(23)7-11-3-1-4-11/h2,5-8,14-15,22H,1,3-4,9-10H2/t14-,15+/m0/s1. The van der Waals surface area contributed by atoms with Crippen LogP contribution in [0.15, 0.2) is 35.9 Å². The Morgan fingerprint density at radius 2 is 2.04 bits per heavy atom. The zero-order chi connectivity index (χ0) is 16.6. The molecule has 0 radical (unpaired) electrons. The number of hydrogen-bond acceptors (Lipinski definition) is 2. The third-order valence-electron chi connectivity index (χ3n) is 4.48. The van der Waals surface area contributed by atoms with Gasteiger partial charge in [-0.25, -0.2) is 0 Å². The molecule has 124 valence electrons. The normalized spacial score (nSPS) is 24.5. The highest BCUT2D eigenvalue weighted by molar-refractivity contribution is 5.89. The number of aliphatic hydroxyl groups excluding tert-OH is 1. The van der Waals surface area contributed by atoms with Crippen LogP contribution in [0.2, 0.25) is 0 Å². The van der Waals surface area contributed by atoms with Crippen molar-refractivity contribution in [3.63, 3.8) is 0 Å². The number of aliphatic hydroxyl groups is 1. The van der Waals surface area contributed by atoms with E-state index in [1.54, 1.807) is 12.1 Å². The number of β-amino-alcohol motifs (C(OH)–C–C–N with tert-alkyl or cyclic N) is 1. The van der Waals surface area contributed by atoms with E-state index in [1.165, 1.54) is 11.0 Å². The van der Waals surface area contributed by atoms with Gasteiger partial charge in [-0.1, -0.05) is 17.7 Å². The summed E-state index contributed by atoms with van der Waals surface area (Å²) in [4.78, 5) is 13.9. The third kappa shape index (κ3) is 3.42. The molecule has 3 nitrogen and oxygen atoms in total. The molecule has 1 aromatic rings. The number of benzene rings is 1. The summed E-state index contributed by atoms with van der Waals surface area (Å²) in [6, 6.07) is 4.48. The summed E-state index contributed by atoms with van der Waals surface area (Å²) in [6.45, 7) is 0.156. The fourth-order valence-electron chi connectivity index (χ4n) is 3.08. The molecule has 6 heteroatoms. The maximum atomic E-state index is 12.9. The lowest BCUT2D eigenvalue weighted by Gasteiger charge is -2.25. The van der Waals surface area contributed by atoms with Crippen molar-refractivity contribution in [2.45, 2.75) is 44.0 Å². The van der Waals surface area contributed by atoms with Crippen LogP contribution in [-0.4, -0.2) is 28.6 Å². The fraction of sp³-hybridized carbons (Fsp3) is 0.471. The van der Waals surface area contributed by atoms with E-state index in [2.05, 4.69) is 0 Å². The number of nitrogens with zero attached hydrogens (tertiary/aromatic N) is 1. The zero-order valence-electron chi connectivity index (χ0n) is 12.5. The van der Waals surface area contributed by atoms with Gasteiger partial charge in [0.1, 0.15) is 0 Å². The number of halogens is 3. The Hall–Kier alpha value is -1.82. The molecule has 1 heterocycles. The molecule has 0 unspecified atom stereocenters. The van der Waals surface area contributed by atoms with Gasteiger partial charge >= 0.3 is 6.18 Å². The Bertz CT molecular complexity index is 633. The summed E-state index contributed by atoms with van der Waals surface area (Å²) in [6.07, 6.45) is -0.432. The summed E-state index contributed by atoms with van der Waals surface area (Å²) in [5, 5.41) is 9.88. The molecule has 0 bridgehead atoms. The summed E-state index contributed by atoms with van der Waals surface area (Å²) in [5.74, 6) is -0.223. The smallest absolute Gasteiger partial charge is 0.391 e. The monoisotopic (exact) mass is 325 g/mol. The number of likely N-dealkylation sites (tertiary alicyclic amines) is 1. The third-order valence-corrected chi connectivity index (χ3v) is 4.48. The molecule has 0 spiro atoms. The minimum atomic E-state index is -4.42. The van der Waals surface area contributed by atoms with Crippen molar-refractivity contribution < 1.29 is 23.1 Å². The summed E-state index contributed by atoms with van der Waals surface area (Å²) >= 11 is 0. The number of amides is 1. The molecule has 1 aliphatic heterocycles. The number of allylic oxidation sites excluding steroid dienone is 1. The van der Waals surface area contributed by atoms with Crippen molar-refractivity contribution >= 4 is 5.91 Å². The SMILES string of the molecule is O=C(C=C1CCC1)N1C[C@@H](O)C[C@@H]1c1cccc(C(F)(F)F)c1. The number of carbonyl (C=O) groups excluding carboxylic acids is 1. The minimum absolute atomic E-state index is 0.156. The van der Waals surface area contributed by atoms with Crippen molar-refractivity contribution in [2.75, 3.05) is 6.54 Å². The van der Waals surface area contributed by atoms with Gasteiger partial charge in [-0.2, -0.15) is 13.2 Å². The minimum Gasteiger partial charge on any atom is -0.391 e. The zero-order valence-corrected chi connectivity index (χ0v) is 12.5. The highest BCUT2D eigenvalue weighted by atomic mass is 19.4. The Labute approximate surface area is 132 Å². The van der Waals surface area contributed by atoms with Crippen LogP contribution in [0.25, 0.3) is 0 Å². The van der Waals surface area contributed by atoms with Gasteiger partial charge < -0.3 is 10.0 Å². The highest BCUT2D eigenvalue weighted by Crippen LogP contribution is 2.36. The van der Waals surface area contributed by atoms with Crippen molar-refractivity contribution in [1.29, 1.82) is 0 Å². The van der Waals surface area contributed by atoms with Crippen LogP contribution in [0.1, 0.15) is 42.9 Å². The Balaban J connectivity index is 1.86. The van der Waals surface area contributed by atoms with Crippen LogP contribution < -0.4 is 0 Å². The average Bonchev–Trinajstić information content (AvgIpc) is 2.84. The Morgan fingerprint density at radius 3 is 2.65 bits per heavy atom. The van der Waals surface area contributed by atoms with Gasteiger partial charge in [0.2, 0.25) is 5.91 Å². The lowest BCUT2D eigenvalue weighted by atomic mass is 9.92. The molecule has 1 saturated carbocycles. The number of rotatable bonds is 2. The molecule has 3 rings (SSSR count). The molecule has 1 N–H and O–H groups in total. The maximum absolute atomic E-state index is 12.9. The quantitative estimate of drug-likeness (QED) is 0.846. The molecule has 23 heavy (non-hydrogen) atoms. The molecule has 2 aliphatic rings. The first-order chi connectivity index (χ1) is 10.8. The van der Waals surface area contributed by atoms with Crippen LogP contribution in [0, 0.1) is 0 Å². The number of hydrogen-bond donors (Lipinski definition) is 1. The predicted molar refractivity (Wildman–Crippen MR) is 78.5 cm³/mol. The van der Waals surface area contributed by atoms with Gasteiger partial charge in [0, 0.05) is 12.6 Å². The van der Waals surface area contributed by atoms with Gasteiger partial charge in [-0.15, -0.1) is 0 Å². The molecule has 0 aromatic heterocycles. The number of alkyl halides is 3. The van der Waals surface area contributed by atoms with Crippen LogP contribution in [0.3, 0.4) is 0 Å². The topological polar surface area (TPSA) is 40.5 Å². The number of carbonyl (C=O) groups is 1. The van der Waals surface area contributed by atoms with Gasteiger partial charge in [0.15, 0.2) is 0 Å². The molecule has 2 fully saturated rings. The molecule has 2 atom stereocenters. The highest BCUT2D eigenvalue weighted by Gasteiger charge is 2.37. The first kappa shape index (κ1) is 16.1. The molecule has 1 aromatic carbocycles. The van der Waals surface area contributed by atoms with Crippen LogP contribution in [0.5, 0.6) is 0 Å². The second-order valence-electron chi connectivity index (χ2n) is 6.18. The van der Waals surface area contributed by atoms with Crippen LogP contribution in [-0.2, 0) is 11.0 Å². The van der Waals surface area contributed by atoms with Crippen molar-refractivity contribution in [2.24, 2.45) is 0 Å². The van der Waals surface area contributed by atoms with Gasteiger partial charge in [-0.05, 0) is 43.4 Å². The van der Waals surface area contributed by atoms with E-state index in [9.17, 15) is 23.1 Å². The van der Waals surface area contributed by atoms with Gasteiger partial charge in [0.05, 0.1) is 17.7 Å². The van der Waals surface area contributed by atoms with E-state index in [0.29, 0.717) is 5.56 Å². The first-order valence-corrected chi connectivity index (χ1v) is 7.70. The van der Waals surface area contributed by atoms with E-state index in [4.69, 9.17) is 0 Å². The van der Waals surface area contributed by atoms with E-state index >= 15 is 0 Å². The van der Waals surface area contributed by atoms with Crippen molar-refractivity contribution in [1.82, 2.24) is 4.90 Å². The van der Waals surface area contributed by atoms with Crippen LogP contribution >= 0.6 is 0 Å². The van der Waals surface area contributed by atoms with Gasteiger partial charge in [-0.3, -0.25) is 4.79 Å². The van der Waals surface area contributed by atoms with Crippen LogP contribution in [0.4, 0.5) is 13.2 Å². The van der Waals surface area contributed by atoms with Crippen molar-refractivity contribution in [3.8, 4) is 0 Å². The van der Waals surface area contributed by atoms with E-state index < -0.39 is 23.9 Å². The lowest BCUT2D eigenvalue weighted by molar-refractivity contribution is -0.137. The average molecular weight is 325 g/mol. The van der Waals surface area contributed by atoms with Gasteiger partial charge in [0.25, 0.3) is 0 Å². The molecule has 1 saturated heterocycles. The Kier molecular flexibility index (Phi) is 4.19. The van der Waals surface area contributed by atoms with E-state index in [1.807, 2.05) is 0 Å². The second-order valence-corrected chi connectivity index (χ2v) is 6.18. The second kappa shape index (κ2) is 6.00. The summed E-state index contributed by atoms with van der Waals surface area (Å²) in [5.41, 5.74) is 0.747. The molecular weight excluding hydrogens is 307 g/mol. The molecule has 1 amide bonds. The summed E-state index contributed by atoms with van der Waals surface area (Å²) < 4.78 is 38.6. The largest absolute Gasteiger partial charge is 0.416 e. The molecular formula is C17H18F3NO2. The maximum Gasteiger partial charge on any atom is 0.416 e. The molecule has 1 aliphatic carbocycles. The first-order valence-electron chi connectivity index (χ1n) is 7.70. The van der Waals surface area contributed by atoms with Crippen molar-refractivity contribution in [3.05, 3.63) is 47.0 Å². The lowest BCUT2D eigenvalue weighted by Crippen LogP contribution is -2.31.